The summed E-state index contributed by atoms with van der Waals surface area (Å²) < 4.78 is 8.66. The van der Waals surface area contributed by atoms with Gasteiger partial charge in [0.2, 0.25) is 0 Å². The Morgan fingerprint density at radius 1 is 1.19 bits per heavy atom. The van der Waals surface area contributed by atoms with Crippen LogP contribution in [0.5, 0.6) is 0 Å². The van der Waals surface area contributed by atoms with Crippen molar-refractivity contribution in [3.63, 3.8) is 0 Å². The van der Waals surface area contributed by atoms with Gasteiger partial charge >= 0.3 is 0 Å². The molecule has 3 rings (SSSR count). The van der Waals surface area contributed by atoms with Crippen LogP contribution in [0, 0.1) is 0 Å². The van der Waals surface area contributed by atoms with Crippen molar-refractivity contribution < 1.29 is 4.43 Å². The van der Waals surface area contributed by atoms with Crippen LogP contribution in [0.15, 0.2) is 30.5 Å². The third-order valence-corrected chi connectivity index (χ3v) is 9.72. The van der Waals surface area contributed by atoms with E-state index in [1.165, 1.54) is 10.9 Å². The number of benzene rings is 1. The molecule has 1 aliphatic rings. The van der Waals surface area contributed by atoms with Gasteiger partial charge in [0.05, 0.1) is 17.8 Å². The fraction of sp³-hybridized carbons (Fsp3) is 0.588. The topological polar surface area (TPSA) is 27.1 Å². The summed E-state index contributed by atoms with van der Waals surface area (Å²) in [6.07, 6.45) is 4.58. The van der Waals surface area contributed by atoms with E-state index < -0.39 is 8.32 Å². The van der Waals surface area contributed by atoms with E-state index in [0.29, 0.717) is 12.1 Å². The zero-order chi connectivity index (χ0) is 15.3. The van der Waals surface area contributed by atoms with Gasteiger partial charge in [0.1, 0.15) is 0 Å². The molecule has 1 aliphatic carbocycles. The molecule has 0 amide bonds. The van der Waals surface area contributed by atoms with Crippen molar-refractivity contribution in [1.29, 1.82) is 0 Å². The first kappa shape index (κ1) is 14.8. The molecule has 21 heavy (non-hydrogen) atoms. The van der Waals surface area contributed by atoms with Crippen LogP contribution >= 0.6 is 0 Å². The van der Waals surface area contributed by atoms with Gasteiger partial charge < -0.3 is 4.43 Å². The Balaban J connectivity index is 1.66. The summed E-state index contributed by atoms with van der Waals surface area (Å²) in [5.41, 5.74) is 1.24. The summed E-state index contributed by atoms with van der Waals surface area (Å²) >= 11 is 0. The Labute approximate surface area is 128 Å². The molecule has 0 atom stereocenters. The molecule has 0 aliphatic heterocycles. The van der Waals surface area contributed by atoms with E-state index in [-0.39, 0.29) is 5.04 Å². The van der Waals surface area contributed by atoms with Crippen molar-refractivity contribution in [3.8, 4) is 0 Å². The minimum atomic E-state index is -1.64. The van der Waals surface area contributed by atoms with Gasteiger partial charge in [-0.1, -0.05) is 39.0 Å². The molecular weight excluding hydrogens is 276 g/mol. The molecular formula is C17H26N2OSi. The van der Waals surface area contributed by atoms with Gasteiger partial charge in [0, 0.05) is 11.5 Å². The van der Waals surface area contributed by atoms with Crippen molar-refractivity contribution >= 4 is 19.2 Å². The average molecular weight is 302 g/mol. The highest BCUT2D eigenvalue weighted by atomic mass is 28.4. The van der Waals surface area contributed by atoms with Crippen molar-refractivity contribution in [3.05, 3.63) is 30.5 Å². The van der Waals surface area contributed by atoms with E-state index in [9.17, 15) is 0 Å². The van der Waals surface area contributed by atoms with Gasteiger partial charge in [-0.15, -0.1) is 0 Å². The maximum absolute atomic E-state index is 6.48. The summed E-state index contributed by atoms with van der Waals surface area (Å²) in [6.45, 7) is 11.6. The molecule has 3 nitrogen and oxygen atoms in total. The fourth-order valence-electron chi connectivity index (χ4n) is 2.71. The van der Waals surface area contributed by atoms with Gasteiger partial charge in [-0.2, -0.15) is 5.10 Å². The second-order valence-corrected chi connectivity index (χ2v) is 12.5. The first-order chi connectivity index (χ1) is 9.78. The largest absolute Gasteiger partial charge is 0.414 e. The van der Waals surface area contributed by atoms with E-state index in [2.05, 4.69) is 67.9 Å². The Kier molecular flexibility index (Phi) is 3.49. The van der Waals surface area contributed by atoms with Gasteiger partial charge in [-0.3, -0.25) is 4.68 Å². The summed E-state index contributed by atoms with van der Waals surface area (Å²) in [7, 11) is -1.64. The fourth-order valence-corrected chi connectivity index (χ4v) is 4.09. The van der Waals surface area contributed by atoms with E-state index >= 15 is 0 Å². The van der Waals surface area contributed by atoms with Crippen LogP contribution in [0.25, 0.3) is 10.9 Å². The number of para-hydroxylation sites is 1. The van der Waals surface area contributed by atoms with Crippen LogP contribution in [0.4, 0.5) is 0 Å². The second-order valence-electron chi connectivity index (χ2n) is 7.77. The van der Waals surface area contributed by atoms with Crippen molar-refractivity contribution in [2.75, 3.05) is 0 Å². The third-order valence-electron chi connectivity index (χ3n) is 5.19. The molecule has 1 heterocycles. The average Bonchev–Trinajstić information content (AvgIpc) is 2.75. The zero-order valence-corrected chi connectivity index (χ0v) is 14.8. The van der Waals surface area contributed by atoms with Crippen LogP contribution < -0.4 is 0 Å². The summed E-state index contributed by atoms with van der Waals surface area (Å²) in [6, 6.07) is 8.94. The molecule has 4 heteroatoms. The van der Waals surface area contributed by atoms with Crippen LogP contribution in [0.3, 0.4) is 0 Å². The highest BCUT2D eigenvalue weighted by molar-refractivity contribution is 6.74. The molecule has 0 unspecified atom stereocenters. The molecule has 1 aromatic carbocycles. The van der Waals surface area contributed by atoms with Crippen molar-refractivity contribution in [1.82, 2.24) is 9.78 Å². The Hall–Kier alpha value is -1.13. The standard InChI is InChI=1S/C17H26N2OSi/c1-17(2,3)21(4,5)20-15-10-14(11-15)19-16-9-7-6-8-13(16)12-18-19/h6-9,12,14-15H,10-11H2,1-5H3. The molecule has 0 bridgehead atoms. The third kappa shape index (κ3) is 2.67. The van der Waals surface area contributed by atoms with Crippen LogP contribution in [-0.4, -0.2) is 24.2 Å². The summed E-state index contributed by atoms with van der Waals surface area (Å²) in [5.74, 6) is 0. The molecule has 0 saturated heterocycles. The normalized spacial score (nSPS) is 23.3. The first-order valence-corrected chi connectivity index (χ1v) is 10.8. The highest BCUT2D eigenvalue weighted by Gasteiger charge is 2.43. The van der Waals surface area contributed by atoms with E-state index in [4.69, 9.17) is 4.43 Å². The zero-order valence-electron chi connectivity index (χ0n) is 13.8. The lowest BCUT2D eigenvalue weighted by Gasteiger charge is -2.44. The molecule has 1 fully saturated rings. The number of fused-ring (bicyclic) bond motifs is 1. The lowest BCUT2D eigenvalue weighted by atomic mass is 9.89. The molecule has 0 N–H and O–H groups in total. The van der Waals surface area contributed by atoms with Gasteiger partial charge in [-0.05, 0) is 37.0 Å². The molecule has 114 valence electrons. The lowest BCUT2D eigenvalue weighted by Crippen LogP contribution is -2.47. The maximum Gasteiger partial charge on any atom is 0.192 e. The first-order valence-electron chi connectivity index (χ1n) is 7.88. The summed E-state index contributed by atoms with van der Waals surface area (Å²) in [4.78, 5) is 0. The van der Waals surface area contributed by atoms with E-state index in [1.54, 1.807) is 0 Å². The quantitative estimate of drug-likeness (QED) is 0.764. The highest BCUT2D eigenvalue weighted by Crippen LogP contribution is 2.43. The van der Waals surface area contributed by atoms with Crippen LogP contribution in [-0.2, 0) is 4.43 Å². The van der Waals surface area contributed by atoms with Crippen molar-refractivity contribution in [2.24, 2.45) is 0 Å². The van der Waals surface area contributed by atoms with Crippen LogP contribution in [0.2, 0.25) is 18.1 Å². The second kappa shape index (κ2) is 4.95. The number of hydrogen-bond donors (Lipinski definition) is 0. The smallest absolute Gasteiger partial charge is 0.192 e. The minimum Gasteiger partial charge on any atom is -0.414 e. The molecule has 2 aromatic rings. The number of nitrogens with zero attached hydrogens (tertiary/aromatic N) is 2. The SMILES string of the molecule is CC(C)(C)[Si](C)(C)OC1CC(n2ncc3ccccc32)C1. The van der Waals surface area contributed by atoms with Gasteiger partial charge in [0.15, 0.2) is 8.32 Å². The Morgan fingerprint density at radius 2 is 1.86 bits per heavy atom. The minimum absolute atomic E-state index is 0.288. The number of rotatable bonds is 3. The molecule has 1 aromatic heterocycles. The van der Waals surface area contributed by atoms with Gasteiger partial charge in [-0.25, -0.2) is 0 Å². The van der Waals surface area contributed by atoms with E-state index in [1.807, 2.05) is 6.20 Å². The Morgan fingerprint density at radius 3 is 2.52 bits per heavy atom. The Bertz CT molecular complexity index is 636. The summed E-state index contributed by atoms with van der Waals surface area (Å²) in [5, 5.41) is 6.09. The number of aromatic nitrogens is 2. The van der Waals surface area contributed by atoms with Crippen LogP contribution in [0.1, 0.15) is 39.7 Å². The molecule has 1 saturated carbocycles. The molecule has 0 spiro atoms. The van der Waals surface area contributed by atoms with E-state index in [0.717, 1.165) is 12.8 Å². The predicted molar refractivity (Wildman–Crippen MR) is 90.1 cm³/mol. The predicted octanol–water partition coefficient (Wildman–Crippen LogP) is 4.76. The molecule has 0 radical (unpaired) electrons. The number of hydrogen-bond acceptors (Lipinski definition) is 2. The van der Waals surface area contributed by atoms with Gasteiger partial charge in [0.25, 0.3) is 0 Å². The van der Waals surface area contributed by atoms with Crippen molar-refractivity contribution in [2.45, 2.75) is 63.9 Å². The maximum atomic E-state index is 6.48. The lowest BCUT2D eigenvalue weighted by molar-refractivity contribution is 0.0546. The monoisotopic (exact) mass is 302 g/mol.